The Bertz CT molecular complexity index is 524. The molecular formula is C14H15NO2S. The topological polar surface area (TPSA) is 39.2 Å². The summed E-state index contributed by atoms with van der Waals surface area (Å²) in [4.78, 5) is 16.0. The maximum atomic E-state index is 11.8. The zero-order valence-electron chi connectivity index (χ0n) is 10.6. The van der Waals surface area contributed by atoms with Crippen LogP contribution >= 0.6 is 11.3 Å². The van der Waals surface area contributed by atoms with Crippen LogP contribution in [0, 0.1) is 0 Å². The monoisotopic (exact) mass is 261 g/mol. The predicted octanol–water partition coefficient (Wildman–Crippen LogP) is 3.77. The number of nitrogens with zero attached hydrogens (tertiary/aromatic N) is 1. The third-order valence-electron chi connectivity index (χ3n) is 2.20. The molecule has 0 spiro atoms. The minimum Gasteiger partial charge on any atom is -0.456 e. The maximum Gasteiger partial charge on any atom is 0.338 e. The average Bonchev–Trinajstić information content (AvgIpc) is 2.80. The van der Waals surface area contributed by atoms with Gasteiger partial charge in [-0.05, 0) is 32.9 Å². The molecule has 0 radical (unpaired) electrons. The van der Waals surface area contributed by atoms with Gasteiger partial charge in [-0.25, -0.2) is 9.78 Å². The molecule has 0 saturated heterocycles. The molecule has 0 aliphatic rings. The number of hydrogen-bond acceptors (Lipinski definition) is 4. The van der Waals surface area contributed by atoms with Crippen molar-refractivity contribution in [2.45, 2.75) is 26.4 Å². The van der Waals surface area contributed by atoms with Crippen LogP contribution in [0.2, 0.25) is 0 Å². The third-order valence-corrected chi connectivity index (χ3v) is 3.02. The predicted molar refractivity (Wildman–Crippen MR) is 72.7 cm³/mol. The summed E-state index contributed by atoms with van der Waals surface area (Å²) in [5, 5.41) is 2.88. The van der Waals surface area contributed by atoms with Crippen molar-refractivity contribution in [3.05, 3.63) is 41.4 Å². The van der Waals surface area contributed by atoms with Crippen molar-refractivity contribution in [2.75, 3.05) is 0 Å². The van der Waals surface area contributed by atoms with Crippen LogP contribution in [0.1, 0.15) is 31.1 Å². The smallest absolute Gasteiger partial charge is 0.338 e. The molecule has 3 nitrogen and oxygen atoms in total. The van der Waals surface area contributed by atoms with Crippen molar-refractivity contribution in [1.29, 1.82) is 0 Å². The van der Waals surface area contributed by atoms with Gasteiger partial charge in [0.1, 0.15) is 10.6 Å². The lowest BCUT2D eigenvalue weighted by Crippen LogP contribution is -2.23. The SMILES string of the molecule is CC(C)(C)OC(=O)c1ccc(-c2nccs2)cc1. The van der Waals surface area contributed by atoms with Gasteiger partial charge in [-0.1, -0.05) is 12.1 Å². The largest absolute Gasteiger partial charge is 0.456 e. The number of carbonyl (C=O) groups excluding carboxylic acids is 1. The molecule has 0 amide bonds. The lowest BCUT2D eigenvalue weighted by atomic mass is 10.1. The molecule has 18 heavy (non-hydrogen) atoms. The fraction of sp³-hybridized carbons (Fsp3) is 0.286. The third kappa shape index (κ3) is 3.17. The second-order valence-electron chi connectivity index (χ2n) is 4.92. The molecule has 0 unspecified atom stereocenters. The Balaban J connectivity index is 2.15. The van der Waals surface area contributed by atoms with E-state index >= 15 is 0 Å². The summed E-state index contributed by atoms with van der Waals surface area (Å²) in [6.07, 6.45) is 1.77. The van der Waals surface area contributed by atoms with Crippen molar-refractivity contribution in [3.63, 3.8) is 0 Å². The molecule has 0 fully saturated rings. The van der Waals surface area contributed by atoms with Crippen LogP contribution < -0.4 is 0 Å². The van der Waals surface area contributed by atoms with Gasteiger partial charge in [-0.2, -0.15) is 0 Å². The summed E-state index contributed by atoms with van der Waals surface area (Å²) in [6, 6.07) is 7.31. The number of ether oxygens (including phenoxy) is 1. The Morgan fingerprint density at radius 2 is 1.89 bits per heavy atom. The fourth-order valence-electron chi connectivity index (χ4n) is 1.45. The highest BCUT2D eigenvalue weighted by molar-refractivity contribution is 7.13. The first-order chi connectivity index (χ1) is 8.46. The van der Waals surface area contributed by atoms with Gasteiger partial charge < -0.3 is 4.74 Å². The minimum absolute atomic E-state index is 0.298. The maximum absolute atomic E-state index is 11.8. The molecular weight excluding hydrogens is 246 g/mol. The van der Waals surface area contributed by atoms with Crippen molar-refractivity contribution in [1.82, 2.24) is 4.98 Å². The Morgan fingerprint density at radius 1 is 1.22 bits per heavy atom. The van der Waals surface area contributed by atoms with Crippen LogP contribution in [-0.2, 0) is 4.74 Å². The van der Waals surface area contributed by atoms with Gasteiger partial charge in [0.15, 0.2) is 0 Å². The first kappa shape index (κ1) is 12.8. The van der Waals surface area contributed by atoms with Gasteiger partial charge in [0.25, 0.3) is 0 Å². The Morgan fingerprint density at radius 3 is 2.39 bits per heavy atom. The van der Waals surface area contributed by atoms with E-state index in [0.29, 0.717) is 5.56 Å². The van der Waals surface area contributed by atoms with Crippen LogP contribution in [-0.4, -0.2) is 16.6 Å². The van der Waals surface area contributed by atoms with Crippen molar-refractivity contribution in [3.8, 4) is 10.6 Å². The molecule has 0 atom stereocenters. The number of carbonyl (C=O) groups is 1. The van der Waals surface area contributed by atoms with E-state index in [0.717, 1.165) is 10.6 Å². The van der Waals surface area contributed by atoms with E-state index in [1.54, 1.807) is 29.7 Å². The molecule has 1 heterocycles. The number of rotatable bonds is 2. The molecule has 1 aromatic carbocycles. The van der Waals surface area contributed by atoms with Crippen LogP contribution in [0.25, 0.3) is 10.6 Å². The Labute approximate surface area is 110 Å². The number of benzene rings is 1. The highest BCUT2D eigenvalue weighted by atomic mass is 32.1. The van der Waals surface area contributed by atoms with E-state index in [1.165, 1.54) is 0 Å². The molecule has 0 saturated carbocycles. The van der Waals surface area contributed by atoms with Gasteiger partial charge >= 0.3 is 5.97 Å². The molecule has 0 N–H and O–H groups in total. The molecule has 2 rings (SSSR count). The molecule has 0 aliphatic carbocycles. The summed E-state index contributed by atoms with van der Waals surface area (Å²) in [7, 11) is 0. The summed E-state index contributed by atoms with van der Waals surface area (Å²) < 4.78 is 5.30. The fourth-order valence-corrected chi connectivity index (χ4v) is 2.10. The Kier molecular flexibility index (Phi) is 3.48. The van der Waals surface area contributed by atoms with E-state index in [9.17, 15) is 4.79 Å². The number of thiazole rings is 1. The molecule has 4 heteroatoms. The summed E-state index contributed by atoms with van der Waals surface area (Å²) in [5.74, 6) is -0.298. The second-order valence-corrected chi connectivity index (χ2v) is 5.81. The van der Waals surface area contributed by atoms with Gasteiger partial charge in [0.2, 0.25) is 0 Å². The van der Waals surface area contributed by atoms with Crippen LogP contribution in [0.15, 0.2) is 35.8 Å². The number of aromatic nitrogens is 1. The molecule has 2 aromatic rings. The summed E-state index contributed by atoms with van der Waals surface area (Å²) in [6.45, 7) is 5.57. The van der Waals surface area contributed by atoms with Crippen LogP contribution in [0.4, 0.5) is 0 Å². The Hall–Kier alpha value is -1.68. The molecule has 94 valence electrons. The van der Waals surface area contributed by atoms with Crippen molar-refractivity contribution in [2.24, 2.45) is 0 Å². The van der Waals surface area contributed by atoms with E-state index in [-0.39, 0.29) is 5.97 Å². The van der Waals surface area contributed by atoms with E-state index < -0.39 is 5.60 Å². The lowest BCUT2D eigenvalue weighted by Gasteiger charge is -2.19. The molecule has 1 aromatic heterocycles. The van der Waals surface area contributed by atoms with E-state index in [2.05, 4.69) is 4.98 Å². The minimum atomic E-state index is -0.467. The lowest BCUT2D eigenvalue weighted by molar-refractivity contribution is 0.00696. The van der Waals surface area contributed by atoms with Crippen molar-refractivity contribution >= 4 is 17.3 Å². The quantitative estimate of drug-likeness (QED) is 0.772. The van der Waals surface area contributed by atoms with Gasteiger partial charge in [0.05, 0.1) is 5.56 Å². The zero-order chi connectivity index (χ0) is 13.2. The normalized spacial score (nSPS) is 11.3. The standard InChI is InChI=1S/C14H15NO2S/c1-14(2,3)17-13(16)11-6-4-10(5-7-11)12-15-8-9-18-12/h4-9H,1-3H3. The first-order valence-corrected chi connectivity index (χ1v) is 6.57. The molecule has 0 aliphatic heterocycles. The van der Waals surface area contributed by atoms with Gasteiger partial charge in [-0.3, -0.25) is 0 Å². The van der Waals surface area contributed by atoms with Crippen LogP contribution in [0.3, 0.4) is 0 Å². The van der Waals surface area contributed by atoms with Gasteiger partial charge in [-0.15, -0.1) is 11.3 Å². The number of esters is 1. The van der Waals surface area contributed by atoms with Gasteiger partial charge in [0, 0.05) is 17.1 Å². The van der Waals surface area contributed by atoms with Crippen LogP contribution in [0.5, 0.6) is 0 Å². The van der Waals surface area contributed by atoms with E-state index in [4.69, 9.17) is 4.74 Å². The van der Waals surface area contributed by atoms with E-state index in [1.807, 2.05) is 38.3 Å². The average molecular weight is 261 g/mol. The molecule has 0 bridgehead atoms. The highest BCUT2D eigenvalue weighted by Crippen LogP contribution is 2.22. The highest BCUT2D eigenvalue weighted by Gasteiger charge is 2.17. The summed E-state index contributed by atoms with van der Waals surface area (Å²) in [5.41, 5.74) is 1.10. The number of hydrogen-bond donors (Lipinski definition) is 0. The summed E-state index contributed by atoms with van der Waals surface area (Å²) >= 11 is 1.57. The zero-order valence-corrected chi connectivity index (χ0v) is 11.5. The second kappa shape index (κ2) is 4.90. The van der Waals surface area contributed by atoms with Crippen molar-refractivity contribution < 1.29 is 9.53 Å². The first-order valence-electron chi connectivity index (χ1n) is 5.69.